The van der Waals surface area contributed by atoms with E-state index in [0.29, 0.717) is 29.7 Å². The van der Waals surface area contributed by atoms with Gasteiger partial charge in [0.05, 0.1) is 5.56 Å². The van der Waals surface area contributed by atoms with Crippen LogP contribution in [0.1, 0.15) is 13.8 Å². The van der Waals surface area contributed by atoms with Crippen LogP contribution in [0.3, 0.4) is 0 Å². The summed E-state index contributed by atoms with van der Waals surface area (Å²) in [6.45, 7) is 4.72. The fourth-order valence-corrected chi connectivity index (χ4v) is 3.50. The second-order valence-electron chi connectivity index (χ2n) is 7.07. The Morgan fingerprint density at radius 2 is 1.74 bits per heavy atom. The molecule has 0 aliphatic carbocycles. The molecule has 0 aliphatic rings. The zero-order valence-corrected chi connectivity index (χ0v) is 15.5. The summed E-state index contributed by atoms with van der Waals surface area (Å²) in [5, 5.41) is 2.09. The summed E-state index contributed by atoms with van der Waals surface area (Å²) in [5.74, 6) is 1.34. The van der Waals surface area contributed by atoms with Crippen LogP contribution < -0.4 is 11.3 Å². The van der Waals surface area contributed by atoms with Gasteiger partial charge in [-0.2, -0.15) is 0 Å². The third-order valence-corrected chi connectivity index (χ3v) is 4.64. The van der Waals surface area contributed by atoms with Gasteiger partial charge < -0.3 is 5.73 Å². The summed E-state index contributed by atoms with van der Waals surface area (Å²) in [6, 6.07) is 19.6. The van der Waals surface area contributed by atoms with Crippen LogP contribution in [0.2, 0.25) is 0 Å². The second kappa shape index (κ2) is 6.76. The molecular formula is C22H22N4O. The molecule has 0 amide bonds. The minimum atomic E-state index is -0.0943. The maximum absolute atomic E-state index is 13.4. The van der Waals surface area contributed by atoms with E-state index in [0.717, 1.165) is 16.3 Å². The van der Waals surface area contributed by atoms with E-state index in [1.165, 1.54) is 0 Å². The highest BCUT2D eigenvalue weighted by molar-refractivity contribution is 5.98. The van der Waals surface area contributed by atoms with Crippen molar-refractivity contribution in [1.82, 2.24) is 14.3 Å². The standard InChI is InChI=1S/C22H22N4O/c1-15(2)14-25-22(27)20(21(23)26(25)19-12-5-6-13-24-19)18-11-7-9-16-8-3-4-10-17(16)18/h3-13,15H,14,23H2,1-2H3. The first-order chi connectivity index (χ1) is 13.1. The molecule has 2 heterocycles. The monoisotopic (exact) mass is 358 g/mol. The Morgan fingerprint density at radius 1 is 1.00 bits per heavy atom. The van der Waals surface area contributed by atoms with Gasteiger partial charge in [-0.15, -0.1) is 0 Å². The van der Waals surface area contributed by atoms with Crippen LogP contribution in [0.25, 0.3) is 27.7 Å². The molecule has 0 fully saturated rings. The van der Waals surface area contributed by atoms with E-state index >= 15 is 0 Å². The fraction of sp³-hybridized carbons (Fsp3) is 0.182. The topological polar surface area (TPSA) is 65.8 Å². The summed E-state index contributed by atoms with van der Waals surface area (Å²) >= 11 is 0. The lowest BCUT2D eigenvalue weighted by atomic mass is 10.00. The van der Waals surface area contributed by atoms with Crippen molar-refractivity contribution in [3.8, 4) is 16.9 Å². The van der Waals surface area contributed by atoms with Crippen molar-refractivity contribution in [3.05, 3.63) is 77.2 Å². The van der Waals surface area contributed by atoms with Gasteiger partial charge in [0.1, 0.15) is 5.82 Å². The lowest BCUT2D eigenvalue weighted by Gasteiger charge is -2.13. The highest BCUT2D eigenvalue weighted by atomic mass is 16.1. The fourth-order valence-electron chi connectivity index (χ4n) is 3.50. The van der Waals surface area contributed by atoms with Crippen molar-refractivity contribution >= 4 is 16.6 Å². The van der Waals surface area contributed by atoms with E-state index in [1.807, 2.05) is 60.7 Å². The van der Waals surface area contributed by atoms with E-state index in [1.54, 1.807) is 15.6 Å². The van der Waals surface area contributed by atoms with Gasteiger partial charge >= 0.3 is 0 Å². The van der Waals surface area contributed by atoms with Crippen LogP contribution in [0.15, 0.2) is 71.7 Å². The van der Waals surface area contributed by atoms with Gasteiger partial charge in [0.25, 0.3) is 5.56 Å². The number of rotatable bonds is 4. The molecule has 5 nitrogen and oxygen atoms in total. The number of nitrogens with zero attached hydrogens (tertiary/aromatic N) is 3. The third kappa shape index (κ3) is 2.91. The molecule has 4 aromatic rings. The van der Waals surface area contributed by atoms with Gasteiger partial charge in [0.15, 0.2) is 5.82 Å². The first-order valence-corrected chi connectivity index (χ1v) is 9.08. The first kappa shape index (κ1) is 17.1. The van der Waals surface area contributed by atoms with E-state index in [9.17, 15) is 4.79 Å². The van der Waals surface area contributed by atoms with Crippen molar-refractivity contribution < 1.29 is 0 Å². The quantitative estimate of drug-likeness (QED) is 0.597. The summed E-state index contributed by atoms with van der Waals surface area (Å²) in [7, 11) is 0. The van der Waals surface area contributed by atoms with Crippen molar-refractivity contribution in [2.75, 3.05) is 5.73 Å². The molecule has 0 unspecified atom stereocenters. The molecule has 2 aromatic heterocycles. The van der Waals surface area contributed by atoms with Gasteiger partial charge in [0.2, 0.25) is 0 Å². The van der Waals surface area contributed by atoms with E-state index in [-0.39, 0.29) is 5.56 Å². The molecule has 27 heavy (non-hydrogen) atoms. The highest BCUT2D eigenvalue weighted by Crippen LogP contribution is 2.31. The molecule has 0 saturated carbocycles. The number of aromatic nitrogens is 3. The lowest BCUT2D eigenvalue weighted by Crippen LogP contribution is -2.25. The van der Waals surface area contributed by atoms with Gasteiger partial charge in [0, 0.05) is 12.7 Å². The van der Waals surface area contributed by atoms with Crippen molar-refractivity contribution in [3.63, 3.8) is 0 Å². The molecule has 0 atom stereocenters. The lowest BCUT2D eigenvalue weighted by molar-refractivity contribution is 0.441. The Morgan fingerprint density at radius 3 is 2.48 bits per heavy atom. The molecule has 2 aromatic carbocycles. The zero-order valence-electron chi connectivity index (χ0n) is 15.5. The highest BCUT2D eigenvalue weighted by Gasteiger charge is 2.22. The largest absolute Gasteiger partial charge is 0.383 e. The Balaban J connectivity index is 2.05. The van der Waals surface area contributed by atoms with Crippen LogP contribution in [0.4, 0.5) is 5.82 Å². The average molecular weight is 358 g/mol. The molecule has 136 valence electrons. The first-order valence-electron chi connectivity index (χ1n) is 9.08. The van der Waals surface area contributed by atoms with Crippen LogP contribution in [-0.4, -0.2) is 14.3 Å². The third-order valence-electron chi connectivity index (χ3n) is 4.64. The van der Waals surface area contributed by atoms with Gasteiger partial charge in [-0.05, 0) is 34.4 Å². The van der Waals surface area contributed by atoms with Crippen LogP contribution in [-0.2, 0) is 6.54 Å². The van der Waals surface area contributed by atoms with Gasteiger partial charge in [-0.25, -0.2) is 14.3 Å². The van der Waals surface area contributed by atoms with Crippen molar-refractivity contribution in [2.24, 2.45) is 5.92 Å². The average Bonchev–Trinajstić information content (AvgIpc) is 2.91. The number of anilines is 1. The van der Waals surface area contributed by atoms with E-state index in [2.05, 4.69) is 18.8 Å². The maximum atomic E-state index is 13.4. The number of fused-ring (bicyclic) bond motifs is 1. The van der Waals surface area contributed by atoms with Crippen LogP contribution >= 0.6 is 0 Å². The molecule has 0 bridgehead atoms. The Hall–Kier alpha value is -3.34. The Bertz CT molecular complexity index is 1150. The molecular weight excluding hydrogens is 336 g/mol. The molecule has 5 heteroatoms. The smallest absolute Gasteiger partial charge is 0.277 e. The Labute approximate surface area is 157 Å². The number of hydrogen-bond donors (Lipinski definition) is 1. The predicted octanol–water partition coefficient (Wildman–Crippen LogP) is 4.09. The predicted molar refractivity (Wildman–Crippen MR) is 110 cm³/mol. The molecule has 4 rings (SSSR count). The molecule has 2 N–H and O–H groups in total. The minimum Gasteiger partial charge on any atom is -0.383 e. The van der Waals surface area contributed by atoms with E-state index < -0.39 is 0 Å². The van der Waals surface area contributed by atoms with E-state index in [4.69, 9.17) is 5.73 Å². The SMILES string of the molecule is CC(C)Cn1c(=O)c(-c2cccc3ccccc23)c(N)n1-c1ccccn1. The summed E-state index contributed by atoms with van der Waals surface area (Å²) < 4.78 is 3.43. The van der Waals surface area contributed by atoms with Crippen LogP contribution in [0, 0.1) is 5.92 Å². The van der Waals surface area contributed by atoms with Gasteiger partial charge in [-0.1, -0.05) is 62.4 Å². The normalized spacial score (nSPS) is 11.4. The number of nitrogens with two attached hydrogens (primary N) is 1. The number of nitrogen functional groups attached to an aromatic ring is 1. The Kier molecular flexibility index (Phi) is 4.28. The minimum absolute atomic E-state index is 0.0943. The second-order valence-corrected chi connectivity index (χ2v) is 7.07. The number of hydrogen-bond acceptors (Lipinski definition) is 3. The number of benzene rings is 2. The summed E-state index contributed by atoms with van der Waals surface area (Å²) in [5.41, 5.74) is 7.82. The van der Waals surface area contributed by atoms with Crippen LogP contribution in [0.5, 0.6) is 0 Å². The maximum Gasteiger partial charge on any atom is 0.277 e. The zero-order chi connectivity index (χ0) is 19.0. The summed E-state index contributed by atoms with van der Waals surface area (Å²) in [4.78, 5) is 17.8. The van der Waals surface area contributed by atoms with Crippen molar-refractivity contribution in [1.29, 1.82) is 0 Å². The molecule has 0 saturated heterocycles. The van der Waals surface area contributed by atoms with Gasteiger partial charge in [-0.3, -0.25) is 4.79 Å². The number of pyridine rings is 1. The van der Waals surface area contributed by atoms with Crippen molar-refractivity contribution in [2.45, 2.75) is 20.4 Å². The summed E-state index contributed by atoms with van der Waals surface area (Å²) in [6.07, 6.45) is 1.70. The molecule has 0 radical (unpaired) electrons. The molecule has 0 aliphatic heterocycles. The molecule has 0 spiro atoms.